The maximum Gasteiger partial charge on any atom is 0.187 e. The second-order valence-corrected chi connectivity index (χ2v) is 8.48. The van der Waals surface area contributed by atoms with Crippen LogP contribution in [-0.4, -0.2) is 116 Å². The molecule has 0 spiro atoms. The molecule has 0 bridgehead atoms. The molecule has 0 aromatic rings. The van der Waals surface area contributed by atoms with E-state index in [0.29, 0.717) is 12.8 Å². The normalized spacial score (nSPS) is 40.7. The van der Waals surface area contributed by atoms with E-state index < -0.39 is 60.9 Å². The number of aliphatic hydroxyl groups is 7. The standard InChI is InChI=1S/C21H36O11/c1-4-21(3,7-5-6-11(2)8-22)32-20-18(28)16(26)15(25)13(31-20)10-30-19-17(27)14(24)12(23)9-29-19/h4,6,12-20,22-28H,1,5,7-10H2,2-3H3/b11-6+/t12-,13-,14+,15-,16+,17-,18-,19+,20+,21-/m1/s1. The van der Waals surface area contributed by atoms with E-state index >= 15 is 0 Å². The van der Waals surface area contributed by atoms with Gasteiger partial charge in [0.15, 0.2) is 12.6 Å². The van der Waals surface area contributed by atoms with E-state index in [4.69, 9.17) is 24.1 Å². The zero-order valence-electron chi connectivity index (χ0n) is 18.4. The first-order valence-electron chi connectivity index (χ1n) is 10.6. The zero-order valence-corrected chi connectivity index (χ0v) is 18.4. The maximum atomic E-state index is 10.4. The van der Waals surface area contributed by atoms with E-state index in [1.54, 1.807) is 13.8 Å². The van der Waals surface area contributed by atoms with Crippen LogP contribution in [0.5, 0.6) is 0 Å². The number of ether oxygens (including phenoxy) is 4. The molecule has 0 amide bonds. The molecule has 0 unspecified atom stereocenters. The Morgan fingerprint density at radius 1 is 1.03 bits per heavy atom. The van der Waals surface area contributed by atoms with Crippen molar-refractivity contribution in [1.29, 1.82) is 0 Å². The van der Waals surface area contributed by atoms with Crippen molar-refractivity contribution in [3.63, 3.8) is 0 Å². The Labute approximate surface area is 187 Å². The summed E-state index contributed by atoms with van der Waals surface area (Å²) in [6.45, 7) is 6.59. The molecule has 0 radical (unpaired) electrons. The molecular formula is C21H36O11. The van der Waals surface area contributed by atoms with Crippen LogP contribution in [0.4, 0.5) is 0 Å². The van der Waals surface area contributed by atoms with Crippen molar-refractivity contribution >= 4 is 0 Å². The summed E-state index contributed by atoms with van der Waals surface area (Å²) >= 11 is 0. The summed E-state index contributed by atoms with van der Waals surface area (Å²) < 4.78 is 22.1. The molecule has 2 aliphatic rings. The average Bonchev–Trinajstić information content (AvgIpc) is 2.78. The third kappa shape index (κ3) is 6.78. The summed E-state index contributed by atoms with van der Waals surface area (Å²) in [6.07, 6.45) is -8.30. The van der Waals surface area contributed by atoms with E-state index in [1.165, 1.54) is 6.08 Å². The van der Waals surface area contributed by atoms with Crippen molar-refractivity contribution in [3.05, 3.63) is 24.3 Å². The second-order valence-electron chi connectivity index (χ2n) is 8.48. The number of aliphatic hydroxyl groups excluding tert-OH is 7. The zero-order chi connectivity index (χ0) is 24.1. The third-order valence-corrected chi connectivity index (χ3v) is 5.75. The Morgan fingerprint density at radius 2 is 1.69 bits per heavy atom. The summed E-state index contributed by atoms with van der Waals surface area (Å²) in [5, 5.41) is 69.2. The Morgan fingerprint density at radius 3 is 2.31 bits per heavy atom. The molecule has 186 valence electrons. The monoisotopic (exact) mass is 464 g/mol. The van der Waals surface area contributed by atoms with Gasteiger partial charge in [0, 0.05) is 0 Å². The van der Waals surface area contributed by atoms with E-state index in [9.17, 15) is 30.6 Å². The lowest BCUT2D eigenvalue weighted by molar-refractivity contribution is -0.333. The molecule has 2 rings (SSSR count). The van der Waals surface area contributed by atoms with E-state index in [0.717, 1.165) is 5.57 Å². The minimum absolute atomic E-state index is 0.0583. The molecule has 32 heavy (non-hydrogen) atoms. The van der Waals surface area contributed by atoms with Gasteiger partial charge in [-0.3, -0.25) is 0 Å². The first-order chi connectivity index (χ1) is 15.0. The summed E-state index contributed by atoms with van der Waals surface area (Å²) in [4.78, 5) is 0. The van der Waals surface area contributed by atoms with Gasteiger partial charge in [-0.25, -0.2) is 0 Å². The Hall–Kier alpha value is -0.960. The minimum atomic E-state index is -1.60. The minimum Gasteiger partial charge on any atom is -0.392 e. The Balaban J connectivity index is 2.00. The van der Waals surface area contributed by atoms with Crippen molar-refractivity contribution < 1.29 is 54.7 Å². The first kappa shape index (κ1) is 27.3. The average molecular weight is 465 g/mol. The number of hydrogen-bond donors (Lipinski definition) is 7. The Bertz CT molecular complexity index is 629. The van der Waals surface area contributed by atoms with Gasteiger partial charge in [-0.15, -0.1) is 6.58 Å². The van der Waals surface area contributed by atoms with Crippen LogP contribution in [0, 0.1) is 0 Å². The number of allylic oxidation sites excluding steroid dienone is 1. The molecule has 2 aliphatic heterocycles. The van der Waals surface area contributed by atoms with Crippen LogP contribution in [0.1, 0.15) is 26.7 Å². The fourth-order valence-electron chi connectivity index (χ4n) is 3.41. The smallest absolute Gasteiger partial charge is 0.187 e. The molecular weight excluding hydrogens is 428 g/mol. The fraction of sp³-hybridized carbons (Fsp3) is 0.810. The molecule has 11 heteroatoms. The lowest BCUT2D eigenvalue weighted by Crippen LogP contribution is -2.61. The van der Waals surface area contributed by atoms with Crippen molar-refractivity contribution in [2.24, 2.45) is 0 Å². The maximum absolute atomic E-state index is 10.4. The molecule has 11 nitrogen and oxygen atoms in total. The van der Waals surface area contributed by atoms with Gasteiger partial charge in [-0.05, 0) is 26.7 Å². The van der Waals surface area contributed by atoms with Crippen LogP contribution in [0.3, 0.4) is 0 Å². The summed E-state index contributed by atoms with van der Waals surface area (Å²) in [6, 6.07) is 0. The largest absolute Gasteiger partial charge is 0.392 e. The molecule has 2 fully saturated rings. The highest BCUT2D eigenvalue weighted by atomic mass is 16.7. The molecule has 2 saturated heterocycles. The van der Waals surface area contributed by atoms with Crippen molar-refractivity contribution in [2.45, 2.75) is 87.6 Å². The highest BCUT2D eigenvalue weighted by Gasteiger charge is 2.47. The second kappa shape index (κ2) is 12.0. The molecule has 2 heterocycles. The van der Waals surface area contributed by atoms with Crippen LogP contribution in [0.15, 0.2) is 24.3 Å². The van der Waals surface area contributed by atoms with Crippen molar-refractivity contribution in [3.8, 4) is 0 Å². The predicted molar refractivity (Wildman–Crippen MR) is 110 cm³/mol. The first-order valence-corrected chi connectivity index (χ1v) is 10.6. The predicted octanol–water partition coefficient (Wildman–Crippen LogP) is -2.07. The Kier molecular flexibility index (Phi) is 10.2. The third-order valence-electron chi connectivity index (χ3n) is 5.75. The van der Waals surface area contributed by atoms with Crippen LogP contribution in [0.25, 0.3) is 0 Å². The van der Waals surface area contributed by atoms with Gasteiger partial charge in [0.25, 0.3) is 0 Å². The van der Waals surface area contributed by atoms with Gasteiger partial charge in [0.05, 0.1) is 25.4 Å². The van der Waals surface area contributed by atoms with Gasteiger partial charge in [-0.1, -0.05) is 17.7 Å². The molecule has 0 aromatic carbocycles. The fourth-order valence-corrected chi connectivity index (χ4v) is 3.41. The van der Waals surface area contributed by atoms with Crippen LogP contribution in [0.2, 0.25) is 0 Å². The lowest BCUT2D eigenvalue weighted by atomic mass is 9.96. The van der Waals surface area contributed by atoms with Gasteiger partial charge < -0.3 is 54.7 Å². The van der Waals surface area contributed by atoms with Gasteiger partial charge in [-0.2, -0.15) is 0 Å². The molecule has 0 saturated carbocycles. The number of rotatable bonds is 10. The van der Waals surface area contributed by atoms with Gasteiger partial charge >= 0.3 is 0 Å². The van der Waals surface area contributed by atoms with Crippen molar-refractivity contribution in [2.75, 3.05) is 19.8 Å². The lowest BCUT2D eigenvalue weighted by Gasteiger charge is -2.43. The topological polar surface area (TPSA) is 179 Å². The van der Waals surface area contributed by atoms with E-state index in [-0.39, 0.29) is 19.8 Å². The molecule has 7 N–H and O–H groups in total. The SMILES string of the molecule is C=C[C@](C)(CC/C=C(\C)CO)O[C@@H]1O[C@H](CO[C@@H]2OC[C@@H](O)[C@H](O)[C@H]2O)[C@@H](O)[C@H](O)[C@H]1O. The van der Waals surface area contributed by atoms with Gasteiger partial charge in [0.2, 0.25) is 0 Å². The quantitative estimate of drug-likeness (QED) is 0.177. The highest BCUT2D eigenvalue weighted by molar-refractivity contribution is 5.02. The molecule has 0 aromatic heterocycles. The van der Waals surface area contributed by atoms with Crippen LogP contribution < -0.4 is 0 Å². The number of hydrogen-bond acceptors (Lipinski definition) is 11. The van der Waals surface area contributed by atoms with Crippen LogP contribution >= 0.6 is 0 Å². The summed E-state index contributed by atoms with van der Waals surface area (Å²) in [7, 11) is 0. The van der Waals surface area contributed by atoms with Crippen LogP contribution in [-0.2, 0) is 18.9 Å². The molecule has 0 aliphatic carbocycles. The van der Waals surface area contributed by atoms with Gasteiger partial charge in [0.1, 0.15) is 42.7 Å². The van der Waals surface area contributed by atoms with E-state index in [2.05, 4.69) is 6.58 Å². The van der Waals surface area contributed by atoms with E-state index in [1.807, 2.05) is 6.08 Å². The highest BCUT2D eigenvalue weighted by Crippen LogP contribution is 2.30. The van der Waals surface area contributed by atoms with Crippen molar-refractivity contribution in [1.82, 2.24) is 0 Å². The summed E-state index contributed by atoms with van der Waals surface area (Å²) in [5.74, 6) is 0. The molecule has 10 atom stereocenters. The summed E-state index contributed by atoms with van der Waals surface area (Å²) in [5.41, 5.74) is -0.153.